The zero-order chi connectivity index (χ0) is 13.4. The van der Waals surface area contributed by atoms with Gasteiger partial charge in [-0.25, -0.2) is 0 Å². The van der Waals surface area contributed by atoms with E-state index in [-0.39, 0.29) is 5.60 Å². The van der Waals surface area contributed by atoms with Crippen LogP contribution >= 0.6 is 0 Å². The zero-order valence-corrected chi connectivity index (χ0v) is 12.8. The van der Waals surface area contributed by atoms with Gasteiger partial charge in [-0.15, -0.1) is 6.58 Å². The predicted molar refractivity (Wildman–Crippen MR) is 80.8 cm³/mol. The third-order valence-electron chi connectivity index (χ3n) is 3.77. The first-order valence-electron chi connectivity index (χ1n) is 6.65. The van der Waals surface area contributed by atoms with E-state index in [0.717, 1.165) is 31.0 Å². The Labute approximate surface area is 108 Å². The maximum atomic E-state index is 6.53. The van der Waals surface area contributed by atoms with Crippen molar-refractivity contribution in [1.29, 1.82) is 0 Å². The topological polar surface area (TPSA) is 9.23 Å². The molecular weight excluding hydrogens is 224 g/mol. The van der Waals surface area contributed by atoms with Crippen molar-refractivity contribution >= 4 is 8.32 Å². The van der Waals surface area contributed by atoms with Crippen LogP contribution in [0.3, 0.4) is 0 Å². The first kappa shape index (κ1) is 16.4. The maximum absolute atomic E-state index is 6.53. The van der Waals surface area contributed by atoms with Crippen LogP contribution < -0.4 is 0 Å². The summed E-state index contributed by atoms with van der Waals surface area (Å²) < 4.78 is 6.53. The number of hydrogen-bond acceptors (Lipinski definition) is 1. The van der Waals surface area contributed by atoms with E-state index >= 15 is 0 Å². The van der Waals surface area contributed by atoms with Crippen molar-refractivity contribution in [2.45, 2.75) is 57.3 Å². The molecular formula is C15H28OSi. The lowest BCUT2D eigenvalue weighted by molar-refractivity contribution is 0.147. The third kappa shape index (κ3) is 4.28. The van der Waals surface area contributed by atoms with E-state index < -0.39 is 8.32 Å². The van der Waals surface area contributed by atoms with Gasteiger partial charge in [0.1, 0.15) is 0 Å². The highest BCUT2D eigenvalue weighted by molar-refractivity contribution is 6.73. The van der Waals surface area contributed by atoms with Crippen molar-refractivity contribution in [2.24, 2.45) is 0 Å². The third-order valence-corrected chi connectivity index (χ3v) is 8.45. The first-order chi connectivity index (χ1) is 8.07. The maximum Gasteiger partial charge on any atom is 0.193 e. The minimum Gasteiger partial charge on any atom is -0.405 e. The SMILES string of the molecule is C=CCCC(C=C)(C=C)O[Si](CC)(CC)CC. The lowest BCUT2D eigenvalue weighted by Crippen LogP contribution is -2.45. The largest absolute Gasteiger partial charge is 0.405 e. The minimum atomic E-state index is -1.62. The molecule has 0 unspecified atom stereocenters. The van der Waals surface area contributed by atoms with Crippen molar-refractivity contribution in [3.63, 3.8) is 0 Å². The fourth-order valence-corrected chi connectivity index (χ4v) is 5.13. The van der Waals surface area contributed by atoms with E-state index in [1.54, 1.807) is 0 Å². The van der Waals surface area contributed by atoms with E-state index in [1.165, 1.54) is 0 Å². The Kier molecular flexibility index (Phi) is 7.40. The lowest BCUT2D eigenvalue weighted by Gasteiger charge is -2.39. The normalized spacial score (nSPS) is 12.2. The second kappa shape index (κ2) is 7.67. The summed E-state index contributed by atoms with van der Waals surface area (Å²) in [7, 11) is -1.62. The van der Waals surface area contributed by atoms with Crippen molar-refractivity contribution in [2.75, 3.05) is 0 Å². The Balaban J connectivity index is 4.99. The van der Waals surface area contributed by atoms with E-state index in [0.29, 0.717) is 0 Å². The van der Waals surface area contributed by atoms with Crippen molar-refractivity contribution < 1.29 is 4.43 Å². The highest BCUT2D eigenvalue weighted by Gasteiger charge is 2.36. The van der Waals surface area contributed by atoms with E-state index in [1.807, 2.05) is 18.2 Å². The van der Waals surface area contributed by atoms with E-state index in [9.17, 15) is 0 Å². The molecule has 0 saturated heterocycles. The number of hydrogen-bond donors (Lipinski definition) is 0. The molecule has 0 fully saturated rings. The smallest absolute Gasteiger partial charge is 0.193 e. The average Bonchev–Trinajstić information content (AvgIpc) is 2.41. The van der Waals surface area contributed by atoms with Crippen molar-refractivity contribution in [1.82, 2.24) is 0 Å². The van der Waals surface area contributed by atoms with Gasteiger partial charge < -0.3 is 4.43 Å². The quantitative estimate of drug-likeness (QED) is 0.389. The van der Waals surface area contributed by atoms with Crippen LogP contribution in [0, 0.1) is 0 Å². The molecule has 0 aromatic carbocycles. The molecule has 17 heavy (non-hydrogen) atoms. The second-order valence-electron chi connectivity index (χ2n) is 4.54. The summed E-state index contributed by atoms with van der Waals surface area (Å²) >= 11 is 0. The van der Waals surface area contributed by atoms with Gasteiger partial charge in [0.15, 0.2) is 8.32 Å². The molecule has 2 heteroatoms. The van der Waals surface area contributed by atoms with Gasteiger partial charge in [-0.1, -0.05) is 52.2 Å². The van der Waals surface area contributed by atoms with Crippen LogP contribution in [0.2, 0.25) is 18.1 Å². The Bertz CT molecular complexity index is 237. The summed E-state index contributed by atoms with van der Waals surface area (Å²) in [5, 5.41) is 0. The highest BCUT2D eigenvalue weighted by Crippen LogP contribution is 2.32. The summed E-state index contributed by atoms with van der Waals surface area (Å²) in [5.74, 6) is 0. The molecule has 0 N–H and O–H groups in total. The fourth-order valence-electron chi connectivity index (χ4n) is 2.12. The Morgan fingerprint density at radius 1 is 1.00 bits per heavy atom. The van der Waals surface area contributed by atoms with Gasteiger partial charge in [0.05, 0.1) is 5.60 Å². The molecule has 0 rings (SSSR count). The molecule has 98 valence electrons. The molecule has 0 spiro atoms. The monoisotopic (exact) mass is 252 g/mol. The Morgan fingerprint density at radius 3 is 1.76 bits per heavy atom. The molecule has 0 aliphatic carbocycles. The average molecular weight is 252 g/mol. The molecule has 0 radical (unpaired) electrons. The van der Waals surface area contributed by atoms with Crippen molar-refractivity contribution in [3.8, 4) is 0 Å². The zero-order valence-electron chi connectivity index (χ0n) is 11.8. The molecule has 0 saturated carbocycles. The van der Waals surface area contributed by atoms with Gasteiger partial charge in [0, 0.05) is 0 Å². The summed E-state index contributed by atoms with van der Waals surface area (Å²) in [6, 6.07) is 3.45. The molecule has 0 atom stereocenters. The summed E-state index contributed by atoms with van der Waals surface area (Å²) in [4.78, 5) is 0. The van der Waals surface area contributed by atoms with Gasteiger partial charge in [0.2, 0.25) is 0 Å². The molecule has 0 aromatic rings. The molecule has 0 aliphatic rings. The van der Waals surface area contributed by atoms with Gasteiger partial charge >= 0.3 is 0 Å². The van der Waals surface area contributed by atoms with Gasteiger partial charge in [-0.2, -0.15) is 0 Å². The van der Waals surface area contributed by atoms with Crippen LogP contribution in [0.1, 0.15) is 33.6 Å². The van der Waals surface area contributed by atoms with Crippen LogP contribution in [0.4, 0.5) is 0 Å². The molecule has 0 amide bonds. The standard InChI is InChI=1S/C15H28OSi/c1-7-13-14-15(8-2,9-3)16-17(10-4,11-5)12-6/h7-9H,1-3,10-14H2,4-6H3. The van der Waals surface area contributed by atoms with Gasteiger partial charge in [-0.3, -0.25) is 0 Å². The highest BCUT2D eigenvalue weighted by atomic mass is 28.4. The lowest BCUT2D eigenvalue weighted by atomic mass is 9.98. The van der Waals surface area contributed by atoms with Crippen LogP contribution in [-0.2, 0) is 4.43 Å². The number of allylic oxidation sites excluding steroid dienone is 1. The molecule has 0 heterocycles. The van der Waals surface area contributed by atoms with Gasteiger partial charge in [0.25, 0.3) is 0 Å². The molecule has 0 bridgehead atoms. The number of rotatable bonds is 10. The van der Waals surface area contributed by atoms with E-state index in [4.69, 9.17) is 4.43 Å². The van der Waals surface area contributed by atoms with Crippen LogP contribution in [0.25, 0.3) is 0 Å². The Morgan fingerprint density at radius 2 is 1.47 bits per heavy atom. The molecule has 0 aromatic heterocycles. The molecule has 1 nitrogen and oxygen atoms in total. The van der Waals surface area contributed by atoms with Crippen LogP contribution in [-0.4, -0.2) is 13.9 Å². The molecule has 0 aliphatic heterocycles. The first-order valence-corrected chi connectivity index (χ1v) is 9.18. The van der Waals surface area contributed by atoms with Crippen molar-refractivity contribution in [3.05, 3.63) is 38.0 Å². The van der Waals surface area contributed by atoms with E-state index in [2.05, 4.69) is 40.5 Å². The minimum absolute atomic E-state index is 0.359. The predicted octanol–water partition coefficient (Wildman–Crippen LogP) is 5.09. The summed E-state index contributed by atoms with van der Waals surface area (Å²) in [5.41, 5.74) is -0.359. The Hall–Kier alpha value is -0.603. The second-order valence-corrected chi connectivity index (χ2v) is 9.23. The summed E-state index contributed by atoms with van der Waals surface area (Å²) in [6.45, 7) is 18.4. The van der Waals surface area contributed by atoms with Gasteiger partial charge in [-0.05, 0) is 31.0 Å². The fraction of sp³-hybridized carbons (Fsp3) is 0.600. The summed E-state index contributed by atoms with van der Waals surface area (Å²) in [6.07, 6.45) is 7.58. The van der Waals surface area contributed by atoms with Crippen LogP contribution in [0.15, 0.2) is 38.0 Å². The van der Waals surface area contributed by atoms with Crippen LogP contribution in [0.5, 0.6) is 0 Å².